The zero-order valence-electron chi connectivity index (χ0n) is 8.47. The van der Waals surface area contributed by atoms with Gasteiger partial charge >= 0.3 is 5.97 Å². The molecule has 1 unspecified atom stereocenters. The van der Waals surface area contributed by atoms with Gasteiger partial charge in [-0.1, -0.05) is 12.2 Å². The number of aliphatic carboxylic acids is 1. The normalized spacial score (nSPS) is 16.9. The topological polar surface area (TPSA) is 102 Å². The Kier molecular flexibility index (Phi) is 5.55. The van der Waals surface area contributed by atoms with Gasteiger partial charge in [-0.25, -0.2) is 0 Å². The quantitative estimate of drug-likeness (QED) is 0.332. The average molecular weight is 199 g/mol. The number of carbonyl (C=O) groups is 1. The first-order valence-electron chi connectivity index (χ1n) is 4.38. The maximum Gasteiger partial charge on any atom is 0.320 e. The molecule has 0 aliphatic rings. The molecule has 0 rings (SSSR count). The second kappa shape index (κ2) is 6.15. The van der Waals surface area contributed by atoms with Gasteiger partial charge in [0, 0.05) is 0 Å². The Morgan fingerprint density at radius 3 is 2.64 bits per heavy atom. The third kappa shape index (κ3) is 6.19. The van der Waals surface area contributed by atoms with Crippen molar-refractivity contribution in [2.24, 2.45) is 16.5 Å². The summed E-state index contributed by atoms with van der Waals surface area (Å²) < 4.78 is 0. The van der Waals surface area contributed by atoms with Crippen molar-refractivity contribution in [2.45, 2.75) is 32.4 Å². The van der Waals surface area contributed by atoms with Crippen LogP contribution in [-0.2, 0) is 4.79 Å². The fourth-order valence-electron chi connectivity index (χ4n) is 0.887. The summed E-state index contributed by atoms with van der Waals surface area (Å²) in [6.45, 7) is 3.56. The van der Waals surface area contributed by atoms with Gasteiger partial charge in [0.25, 0.3) is 0 Å². The molecule has 0 bridgehead atoms. The van der Waals surface area contributed by atoms with E-state index in [-0.39, 0.29) is 6.04 Å². The second-order valence-corrected chi connectivity index (χ2v) is 3.12. The van der Waals surface area contributed by atoms with Crippen molar-refractivity contribution in [1.29, 1.82) is 0 Å². The Bertz CT molecular complexity index is 244. The molecular formula is C9H17N3O2. The summed E-state index contributed by atoms with van der Waals surface area (Å²) in [7, 11) is 0. The number of rotatable bonds is 5. The van der Waals surface area contributed by atoms with Gasteiger partial charge in [0.15, 0.2) is 0 Å². The highest BCUT2D eigenvalue weighted by Gasteiger charge is 2.08. The van der Waals surface area contributed by atoms with Crippen LogP contribution in [0.15, 0.2) is 17.1 Å². The van der Waals surface area contributed by atoms with Crippen molar-refractivity contribution in [3.63, 3.8) is 0 Å². The van der Waals surface area contributed by atoms with Crippen molar-refractivity contribution in [2.75, 3.05) is 0 Å². The molecule has 0 aliphatic carbocycles. The summed E-state index contributed by atoms with van der Waals surface area (Å²) in [5, 5.41) is 8.49. The molecule has 0 aromatic carbocycles. The van der Waals surface area contributed by atoms with Crippen LogP contribution in [0.4, 0.5) is 0 Å². The van der Waals surface area contributed by atoms with Crippen molar-refractivity contribution in [3.05, 3.63) is 12.2 Å². The number of hydrogen-bond donors (Lipinski definition) is 3. The van der Waals surface area contributed by atoms with E-state index in [4.69, 9.17) is 16.6 Å². The zero-order valence-corrected chi connectivity index (χ0v) is 8.47. The molecule has 0 fully saturated rings. The largest absolute Gasteiger partial charge is 0.480 e. The number of aliphatic imine (C=N–C) groups is 1. The number of carboxylic acid groups (broad SMARTS) is 1. The lowest BCUT2D eigenvalue weighted by Gasteiger charge is -2.02. The Morgan fingerprint density at radius 2 is 2.21 bits per heavy atom. The maximum atomic E-state index is 10.3. The van der Waals surface area contributed by atoms with Crippen molar-refractivity contribution in [1.82, 2.24) is 0 Å². The molecule has 0 spiro atoms. The van der Waals surface area contributed by atoms with Gasteiger partial charge in [0.05, 0.1) is 11.9 Å². The second-order valence-electron chi connectivity index (χ2n) is 3.12. The number of nitrogens with zero attached hydrogens (tertiary/aromatic N) is 1. The number of carboxylic acids is 1. The van der Waals surface area contributed by atoms with E-state index < -0.39 is 12.0 Å². The fourth-order valence-corrected chi connectivity index (χ4v) is 0.887. The standard InChI is InChI=1S/C9H17N3O2/c1-6(12-7(2)10)4-3-5-8(11)9(13)14/h3-4,6,8H,5,11H2,1-2H3,(H2,10,12)(H,13,14)/b4-3+/t6?,8-/m0/s1. The average Bonchev–Trinajstić information content (AvgIpc) is 2.02. The highest BCUT2D eigenvalue weighted by atomic mass is 16.4. The third-order valence-electron chi connectivity index (χ3n) is 1.53. The molecule has 0 saturated carbocycles. The van der Waals surface area contributed by atoms with Crippen molar-refractivity contribution < 1.29 is 9.90 Å². The Labute approximate surface area is 83.5 Å². The molecule has 5 nitrogen and oxygen atoms in total. The van der Waals surface area contributed by atoms with Crippen LogP contribution in [0, 0.1) is 0 Å². The molecule has 5 heteroatoms. The van der Waals surface area contributed by atoms with Gasteiger partial charge in [-0.3, -0.25) is 9.79 Å². The monoisotopic (exact) mass is 199 g/mol. The van der Waals surface area contributed by atoms with Gasteiger partial charge in [-0.05, 0) is 20.3 Å². The fraction of sp³-hybridized carbons (Fsp3) is 0.556. The van der Waals surface area contributed by atoms with Crippen molar-refractivity contribution in [3.8, 4) is 0 Å². The minimum atomic E-state index is -0.999. The molecule has 80 valence electrons. The SMILES string of the molecule is CC(N)=NC(C)/C=C/C[C@H](N)C(=O)O. The molecule has 2 atom stereocenters. The highest BCUT2D eigenvalue weighted by molar-refractivity contribution is 5.77. The van der Waals surface area contributed by atoms with Gasteiger partial charge in [-0.15, -0.1) is 0 Å². The van der Waals surface area contributed by atoms with E-state index in [0.29, 0.717) is 12.3 Å². The summed E-state index contributed by atoms with van der Waals surface area (Å²) in [6.07, 6.45) is 3.79. The lowest BCUT2D eigenvalue weighted by Crippen LogP contribution is -2.29. The van der Waals surface area contributed by atoms with E-state index in [1.54, 1.807) is 19.1 Å². The van der Waals surface area contributed by atoms with Crippen LogP contribution in [0.25, 0.3) is 0 Å². The van der Waals surface area contributed by atoms with Crippen LogP contribution >= 0.6 is 0 Å². The predicted molar refractivity (Wildman–Crippen MR) is 56.1 cm³/mol. The van der Waals surface area contributed by atoms with Gasteiger partial charge in [-0.2, -0.15) is 0 Å². The van der Waals surface area contributed by atoms with Crippen LogP contribution in [0.1, 0.15) is 20.3 Å². The van der Waals surface area contributed by atoms with Crippen LogP contribution in [0.2, 0.25) is 0 Å². The molecular weight excluding hydrogens is 182 g/mol. The first kappa shape index (κ1) is 12.6. The van der Waals surface area contributed by atoms with E-state index in [0.717, 1.165) is 0 Å². The lowest BCUT2D eigenvalue weighted by molar-refractivity contribution is -0.138. The number of hydrogen-bond acceptors (Lipinski definition) is 3. The molecule has 0 aromatic rings. The minimum Gasteiger partial charge on any atom is -0.480 e. The predicted octanol–water partition coefficient (Wildman–Crippen LogP) is 0.110. The maximum absolute atomic E-state index is 10.3. The molecule has 0 aromatic heterocycles. The van der Waals surface area contributed by atoms with E-state index >= 15 is 0 Å². The van der Waals surface area contributed by atoms with Crippen molar-refractivity contribution >= 4 is 11.8 Å². The summed E-state index contributed by atoms with van der Waals surface area (Å²) in [5.74, 6) is -0.495. The molecule has 0 aliphatic heterocycles. The van der Waals surface area contributed by atoms with Crippen LogP contribution < -0.4 is 11.5 Å². The summed E-state index contributed by atoms with van der Waals surface area (Å²) in [6, 6.07) is -0.887. The van der Waals surface area contributed by atoms with Crippen LogP contribution in [0.3, 0.4) is 0 Å². The molecule has 5 N–H and O–H groups in total. The van der Waals surface area contributed by atoms with Crippen LogP contribution in [0.5, 0.6) is 0 Å². The summed E-state index contributed by atoms with van der Waals surface area (Å²) in [5.41, 5.74) is 10.7. The van der Waals surface area contributed by atoms with E-state index in [2.05, 4.69) is 4.99 Å². The molecule has 0 amide bonds. The molecule has 0 radical (unpaired) electrons. The van der Waals surface area contributed by atoms with Gasteiger partial charge < -0.3 is 16.6 Å². The van der Waals surface area contributed by atoms with E-state index in [1.807, 2.05) is 6.92 Å². The number of amidine groups is 1. The minimum absolute atomic E-state index is 0.0407. The third-order valence-corrected chi connectivity index (χ3v) is 1.53. The lowest BCUT2D eigenvalue weighted by atomic mass is 10.2. The molecule has 14 heavy (non-hydrogen) atoms. The Morgan fingerprint density at radius 1 is 1.64 bits per heavy atom. The van der Waals surface area contributed by atoms with Gasteiger partial charge in [0.1, 0.15) is 6.04 Å². The zero-order chi connectivity index (χ0) is 11.1. The Hall–Kier alpha value is -1.36. The molecule has 0 heterocycles. The van der Waals surface area contributed by atoms with Gasteiger partial charge in [0.2, 0.25) is 0 Å². The Balaban J connectivity index is 3.95. The summed E-state index contributed by atoms with van der Waals surface area (Å²) in [4.78, 5) is 14.4. The highest BCUT2D eigenvalue weighted by Crippen LogP contribution is 1.96. The smallest absolute Gasteiger partial charge is 0.320 e. The first-order chi connectivity index (χ1) is 6.43. The van der Waals surface area contributed by atoms with Crippen LogP contribution in [-0.4, -0.2) is 29.0 Å². The molecule has 0 saturated heterocycles. The number of nitrogens with two attached hydrogens (primary N) is 2. The first-order valence-corrected chi connectivity index (χ1v) is 4.38. The van der Waals surface area contributed by atoms with E-state index in [9.17, 15) is 4.79 Å². The summed E-state index contributed by atoms with van der Waals surface area (Å²) >= 11 is 0. The van der Waals surface area contributed by atoms with E-state index in [1.165, 1.54) is 0 Å².